The van der Waals surface area contributed by atoms with E-state index in [4.69, 9.17) is 0 Å². The van der Waals surface area contributed by atoms with Crippen LogP contribution >= 0.6 is 0 Å². The second-order valence-corrected chi connectivity index (χ2v) is 9.84. The molecule has 0 aliphatic carbocycles. The van der Waals surface area contributed by atoms with Gasteiger partial charge < -0.3 is 20.5 Å². The van der Waals surface area contributed by atoms with Crippen molar-refractivity contribution in [2.45, 2.75) is 50.1 Å². The second kappa shape index (κ2) is 11.0. The van der Waals surface area contributed by atoms with E-state index in [0.29, 0.717) is 25.5 Å². The lowest BCUT2D eigenvalue weighted by Crippen LogP contribution is -2.60. The lowest BCUT2D eigenvalue weighted by atomic mass is 9.85. The monoisotopic (exact) mass is 551 g/mol. The predicted octanol–water partition coefficient (Wildman–Crippen LogP) is 3.55. The molecule has 39 heavy (non-hydrogen) atoms. The van der Waals surface area contributed by atoms with E-state index in [2.05, 4.69) is 22.2 Å². The van der Waals surface area contributed by atoms with Crippen molar-refractivity contribution in [2.75, 3.05) is 13.1 Å². The van der Waals surface area contributed by atoms with Gasteiger partial charge in [-0.2, -0.15) is 5.26 Å². The van der Waals surface area contributed by atoms with Crippen molar-refractivity contribution >= 4 is 28.6 Å². The molecule has 0 spiro atoms. The number of nitrogens with zero attached hydrogens (tertiary/aromatic N) is 2. The van der Waals surface area contributed by atoms with Crippen molar-refractivity contribution in [3.05, 3.63) is 47.9 Å². The first-order chi connectivity index (χ1) is 18.5. The van der Waals surface area contributed by atoms with Gasteiger partial charge in [0.2, 0.25) is 11.8 Å². The number of piperidine rings is 2. The maximum atomic E-state index is 15.0. The van der Waals surface area contributed by atoms with Crippen molar-refractivity contribution in [2.24, 2.45) is 11.8 Å². The molecule has 1 aromatic carbocycles. The number of aromatic amines is 1. The first kappa shape index (κ1) is 28.1. The summed E-state index contributed by atoms with van der Waals surface area (Å²) in [6.45, 7) is 3.35. The van der Waals surface area contributed by atoms with Gasteiger partial charge in [0.05, 0.1) is 11.6 Å². The fourth-order valence-corrected chi connectivity index (χ4v) is 5.15. The normalized spacial score (nSPS) is 23.5. The molecule has 0 saturated carbocycles. The molecule has 1 aromatic heterocycles. The Morgan fingerprint density at radius 1 is 1.28 bits per heavy atom. The zero-order valence-corrected chi connectivity index (χ0v) is 20.7. The van der Waals surface area contributed by atoms with E-state index in [1.807, 2.05) is 6.07 Å². The van der Waals surface area contributed by atoms with Crippen molar-refractivity contribution in [1.82, 2.24) is 20.5 Å². The summed E-state index contributed by atoms with van der Waals surface area (Å²) in [5, 5.41) is 14.2. The van der Waals surface area contributed by atoms with E-state index in [-0.39, 0.29) is 18.7 Å². The van der Waals surface area contributed by atoms with Gasteiger partial charge in [-0.15, -0.1) is 6.58 Å². The van der Waals surface area contributed by atoms with Crippen LogP contribution in [0.15, 0.2) is 24.8 Å². The maximum absolute atomic E-state index is 15.0. The first-order valence-electron chi connectivity index (χ1n) is 12.4. The number of hydrogen-bond donors (Lipinski definition) is 3. The summed E-state index contributed by atoms with van der Waals surface area (Å²) in [6.07, 6.45) is 1.10. The van der Waals surface area contributed by atoms with E-state index in [1.54, 1.807) is 0 Å². The molecule has 3 heterocycles. The average molecular weight is 552 g/mol. The lowest BCUT2D eigenvalue weighted by Gasteiger charge is -2.43. The predicted molar refractivity (Wildman–Crippen MR) is 129 cm³/mol. The molecule has 8 nitrogen and oxygen atoms in total. The lowest BCUT2D eigenvalue weighted by molar-refractivity contribution is -0.145. The van der Waals surface area contributed by atoms with E-state index < -0.39 is 88.7 Å². The van der Waals surface area contributed by atoms with Gasteiger partial charge in [-0.25, -0.2) is 22.0 Å². The van der Waals surface area contributed by atoms with Gasteiger partial charge >= 0.3 is 0 Å². The number of carbonyl (C=O) groups excluding carboxylic acids is 3. The zero-order valence-electron chi connectivity index (χ0n) is 20.7. The molecule has 2 saturated heterocycles. The minimum Gasteiger partial charge on any atom is -0.356 e. The van der Waals surface area contributed by atoms with Crippen LogP contribution in [0.4, 0.5) is 22.0 Å². The van der Waals surface area contributed by atoms with Gasteiger partial charge in [-0.3, -0.25) is 14.4 Å². The van der Waals surface area contributed by atoms with Crippen molar-refractivity contribution < 1.29 is 36.3 Å². The Bertz CT molecular complexity index is 1350. The van der Waals surface area contributed by atoms with Gasteiger partial charge in [-0.1, -0.05) is 6.08 Å². The third kappa shape index (κ3) is 5.60. The quantitative estimate of drug-likeness (QED) is 0.277. The van der Waals surface area contributed by atoms with Crippen molar-refractivity contribution in [3.8, 4) is 6.07 Å². The third-order valence-electron chi connectivity index (χ3n) is 7.25. The molecule has 2 fully saturated rings. The summed E-state index contributed by atoms with van der Waals surface area (Å²) in [7, 11) is 0. The molecular weight excluding hydrogens is 525 g/mol. The minimum atomic E-state index is -3.39. The standard InChI is InChI=1S/C26H26F5N5O3/c1-2-4-14-12-36(25(39)19-8-16-17(27)9-18(28)21(29)22(16)35-19)20(10-26(14,30)31)24(38)34-15(11-32)7-13-5-3-6-33-23(13)37/h2,8-9,13-15,20,35H,1,3-7,10,12H2,(H,33,37)(H,34,38)/t13-,14?,15-,20-/m0/s1. The number of hydrogen-bond acceptors (Lipinski definition) is 4. The van der Waals surface area contributed by atoms with Crippen LogP contribution < -0.4 is 10.6 Å². The number of amides is 3. The fraction of sp³-hybridized carbons (Fsp3) is 0.462. The van der Waals surface area contributed by atoms with Crippen LogP contribution in [0.1, 0.15) is 42.6 Å². The molecule has 3 N–H and O–H groups in total. The topological polar surface area (TPSA) is 118 Å². The van der Waals surface area contributed by atoms with Gasteiger partial charge in [-0.05, 0) is 31.7 Å². The Hall–Kier alpha value is -3.95. The van der Waals surface area contributed by atoms with E-state index in [0.717, 1.165) is 11.0 Å². The molecule has 0 bridgehead atoms. The number of nitriles is 1. The van der Waals surface area contributed by atoms with Crippen molar-refractivity contribution in [1.29, 1.82) is 5.26 Å². The number of rotatable bonds is 7. The second-order valence-electron chi connectivity index (χ2n) is 9.84. The Labute approximate surface area is 220 Å². The summed E-state index contributed by atoms with van der Waals surface area (Å²) in [6, 6.07) is 0.147. The van der Waals surface area contributed by atoms with Crippen LogP contribution in [0.5, 0.6) is 0 Å². The number of allylic oxidation sites excluding steroid dienone is 1. The number of benzene rings is 1. The highest BCUT2D eigenvalue weighted by Gasteiger charge is 2.51. The molecule has 4 atom stereocenters. The molecule has 0 radical (unpaired) electrons. The number of fused-ring (bicyclic) bond motifs is 1. The minimum absolute atomic E-state index is 0.0453. The fourth-order valence-electron chi connectivity index (χ4n) is 5.15. The van der Waals surface area contributed by atoms with Crippen LogP contribution in [0.3, 0.4) is 0 Å². The smallest absolute Gasteiger partial charge is 0.271 e. The number of carbonyl (C=O) groups is 3. The van der Waals surface area contributed by atoms with Gasteiger partial charge in [0.1, 0.15) is 23.6 Å². The third-order valence-corrected chi connectivity index (χ3v) is 7.25. The molecule has 2 aromatic rings. The highest BCUT2D eigenvalue weighted by atomic mass is 19.3. The van der Waals surface area contributed by atoms with Crippen LogP contribution in [0.2, 0.25) is 0 Å². The summed E-state index contributed by atoms with van der Waals surface area (Å²) < 4.78 is 72.2. The summed E-state index contributed by atoms with van der Waals surface area (Å²) >= 11 is 0. The van der Waals surface area contributed by atoms with Crippen LogP contribution in [0.25, 0.3) is 10.9 Å². The zero-order chi connectivity index (χ0) is 28.5. The Kier molecular flexibility index (Phi) is 7.94. The van der Waals surface area contributed by atoms with Gasteiger partial charge in [0, 0.05) is 42.8 Å². The van der Waals surface area contributed by atoms with Gasteiger partial charge in [0.15, 0.2) is 11.6 Å². The number of halogens is 5. The number of aromatic nitrogens is 1. The Morgan fingerprint density at radius 3 is 2.69 bits per heavy atom. The Morgan fingerprint density at radius 2 is 2.03 bits per heavy atom. The molecule has 2 aliphatic rings. The SMILES string of the molecule is C=CCC1CN(C(=O)c2cc3c(F)cc(F)c(F)c3[nH]2)[C@H](C(=O)N[C@H](C#N)C[C@@H]2CCCNC2=O)CC1(F)F. The Balaban J connectivity index is 1.63. The average Bonchev–Trinajstić information content (AvgIpc) is 3.35. The number of nitrogens with one attached hydrogen (secondary N) is 3. The molecule has 3 amide bonds. The molecule has 208 valence electrons. The summed E-state index contributed by atoms with van der Waals surface area (Å²) in [5.41, 5.74) is -1.07. The molecule has 2 aliphatic heterocycles. The molecule has 1 unspecified atom stereocenters. The highest BCUT2D eigenvalue weighted by molar-refractivity contribution is 6.00. The van der Waals surface area contributed by atoms with Crippen LogP contribution in [-0.4, -0.2) is 58.7 Å². The summed E-state index contributed by atoms with van der Waals surface area (Å²) in [4.78, 5) is 41.9. The van der Waals surface area contributed by atoms with Crippen LogP contribution in [0, 0.1) is 40.6 Å². The maximum Gasteiger partial charge on any atom is 0.271 e. The highest BCUT2D eigenvalue weighted by Crippen LogP contribution is 2.39. The first-order valence-corrected chi connectivity index (χ1v) is 12.4. The van der Waals surface area contributed by atoms with Crippen LogP contribution in [-0.2, 0) is 9.59 Å². The largest absolute Gasteiger partial charge is 0.356 e. The number of H-pyrrole nitrogens is 1. The van der Waals surface area contributed by atoms with E-state index in [1.165, 1.54) is 6.08 Å². The summed E-state index contributed by atoms with van der Waals surface area (Å²) in [5.74, 6) is -11.8. The number of alkyl halides is 2. The number of likely N-dealkylation sites (tertiary alicyclic amines) is 1. The van der Waals surface area contributed by atoms with E-state index in [9.17, 15) is 32.8 Å². The van der Waals surface area contributed by atoms with E-state index >= 15 is 8.78 Å². The van der Waals surface area contributed by atoms with Crippen molar-refractivity contribution in [3.63, 3.8) is 0 Å². The molecular formula is C26H26F5N5O3. The molecule has 13 heteroatoms. The molecule has 4 rings (SSSR count). The van der Waals surface area contributed by atoms with Gasteiger partial charge in [0.25, 0.3) is 11.8 Å².